The normalized spacial score (nSPS) is 15.2. The van der Waals surface area contributed by atoms with Gasteiger partial charge in [0.1, 0.15) is 12.3 Å². The third-order valence-electron chi connectivity index (χ3n) is 5.18. The van der Waals surface area contributed by atoms with E-state index >= 15 is 0 Å². The number of ether oxygens (including phenoxy) is 1. The van der Waals surface area contributed by atoms with Crippen molar-refractivity contribution in [3.63, 3.8) is 0 Å². The number of nitrogens with one attached hydrogen (secondary N) is 1. The Kier molecular flexibility index (Phi) is 5.93. The lowest BCUT2D eigenvalue weighted by Gasteiger charge is -2.28. The number of hydrogen-bond acceptors (Lipinski definition) is 7. The molecule has 0 fully saturated rings. The summed E-state index contributed by atoms with van der Waals surface area (Å²) in [6, 6.07) is 4.01. The van der Waals surface area contributed by atoms with E-state index in [0.717, 1.165) is 30.7 Å². The van der Waals surface area contributed by atoms with Gasteiger partial charge < -0.3 is 10.1 Å². The van der Waals surface area contributed by atoms with Crippen LogP contribution in [-0.4, -0.2) is 41.4 Å². The van der Waals surface area contributed by atoms with Crippen LogP contribution in [0.15, 0.2) is 18.2 Å². The van der Waals surface area contributed by atoms with Gasteiger partial charge in [-0.25, -0.2) is 4.98 Å². The molecule has 0 atom stereocenters. The van der Waals surface area contributed by atoms with Crippen LogP contribution in [-0.2, 0) is 28.9 Å². The van der Waals surface area contributed by atoms with E-state index in [4.69, 9.17) is 9.72 Å². The molecule has 1 aromatic carbocycles. The van der Waals surface area contributed by atoms with E-state index in [0.29, 0.717) is 12.3 Å². The number of fused-ring (bicyclic) bond motifs is 2. The summed E-state index contributed by atoms with van der Waals surface area (Å²) in [4.78, 5) is 42.4. The molecule has 0 unspecified atom stereocenters. The van der Waals surface area contributed by atoms with Gasteiger partial charge in [0, 0.05) is 30.0 Å². The van der Waals surface area contributed by atoms with Gasteiger partial charge in [-0.05, 0) is 38.2 Å². The Balaban J connectivity index is 1.31. The zero-order valence-corrected chi connectivity index (χ0v) is 17.2. The average molecular weight is 430 g/mol. The van der Waals surface area contributed by atoms with Gasteiger partial charge in [-0.15, -0.1) is 11.3 Å². The second-order valence-corrected chi connectivity index (χ2v) is 8.48. The van der Waals surface area contributed by atoms with Crippen LogP contribution < -0.4 is 15.0 Å². The Morgan fingerprint density at radius 3 is 2.97 bits per heavy atom. The molecule has 0 radical (unpaired) electrons. The first-order chi connectivity index (χ1) is 14.5. The van der Waals surface area contributed by atoms with Gasteiger partial charge in [-0.3, -0.25) is 24.6 Å². The van der Waals surface area contributed by atoms with Gasteiger partial charge in [0.05, 0.1) is 21.3 Å². The lowest BCUT2D eigenvalue weighted by atomic mass is 10.0. The first-order valence-corrected chi connectivity index (χ1v) is 10.8. The van der Waals surface area contributed by atoms with Crippen molar-refractivity contribution in [1.82, 2.24) is 10.3 Å². The maximum atomic E-state index is 12.4. The Bertz CT molecular complexity index is 966. The van der Waals surface area contributed by atoms with E-state index in [2.05, 4.69) is 5.32 Å². The number of carbonyl (C=O) groups is 2. The summed E-state index contributed by atoms with van der Waals surface area (Å²) in [7, 11) is 0. The van der Waals surface area contributed by atoms with Crippen LogP contribution in [0.3, 0.4) is 0 Å². The summed E-state index contributed by atoms with van der Waals surface area (Å²) in [5.41, 5.74) is 1.32. The minimum Gasteiger partial charge on any atom is -0.482 e. The number of nitrogens with zero attached hydrogens (tertiary/aromatic N) is 3. The van der Waals surface area contributed by atoms with E-state index < -0.39 is 10.8 Å². The molecule has 4 rings (SSSR count). The van der Waals surface area contributed by atoms with Gasteiger partial charge in [0.2, 0.25) is 5.91 Å². The molecule has 1 aromatic heterocycles. The fourth-order valence-corrected chi connectivity index (χ4v) is 4.86. The van der Waals surface area contributed by atoms with E-state index in [1.165, 1.54) is 46.5 Å². The van der Waals surface area contributed by atoms with E-state index in [-0.39, 0.29) is 30.4 Å². The molecule has 0 saturated carbocycles. The Morgan fingerprint density at radius 2 is 2.17 bits per heavy atom. The summed E-state index contributed by atoms with van der Waals surface area (Å²) in [6.45, 7) is 0.0676. The molecule has 30 heavy (non-hydrogen) atoms. The number of nitro benzene ring substituents is 1. The number of aromatic nitrogens is 1. The Morgan fingerprint density at radius 1 is 1.33 bits per heavy atom. The highest BCUT2D eigenvalue weighted by Gasteiger charge is 2.29. The maximum Gasteiger partial charge on any atom is 0.271 e. The molecule has 2 amide bonds. The van der Waals surface area contributed by atoms with Crippen molar-refractivity contribution in [3.05, 3.63) is 43.9 Å². The number of amides is 2. The lowest BCUT2D eigenvalue weighted by Crippen LogP contribution is -2.45. The molecule has 2 heterocycles. The topological polar surface area (TPSA) is 115 Å². The second-order valence-electron chi connectivity index (χ2n) is 7.32. The van der Waals surface area contributed by atoms with Gasteiger partial charge in [0.25, 0.3) is 11.6 Å². The molecule has 1 aliphatic carbocycles. The first kappa shape index (κ1) is 20.3. The number of rotatable bonds is 7. The molecule has 9 nitrogen and oxygen atoms in total. The summed E-state index contributed by atoms with van der Waals surface area (Å²) in [6.07, 6.45) is 6.20. The minimum absolute atomic E-state index is 0.163. The van der Waals surface area contributed by atoms with E-state index in [1.54, 1.807) is 11.3 Å². The molecule has 10 heteroatoms. The zero-order valence-electron chi connectivity index (χ0n) is 16.4. The van der Waals surface area contributed by atoms with Gasteiger partial charge in [-0.1, -0.05) is 0 Å². The van der Waals surface area contributed by atoms with Gasteiger partial charge >= 0.3 is 0 Å². The van der Waals surface area contributed by atoms with Crippen LogP contribution in [0.25, 0.3) is 0 Å². The molecular weight excluding hydrogens is 408 g/mol. The van der Waals surface area contributed by atoms with Crippen molar-refractivity contribution < 1.29 is 19.2 Å². The fourth-order valence-electron chi connectivity index (χ4n) is 3.66. The molecule has 0 bridgehead atoms. The minimum atomic E-state index is -0.548. The van der Waals surface area contributed by atoms with Gasteiger partial charge in [-0.2, -0.15) is 0 Å². The molecule has 0 spiro atoms. The first-order valence-electron chi connectivity index (χ1n) is 9.97. The average Bonchev–Trinajstić information content (AvgIpc) is 3.16. The van der Waals surface area contributed by atoms with Crippen LogP contribution in [0.1, 0.15) is 34.8 Å². The number of thiazole rings is 1. The maximum absolute atomic E-state index is 12.4. The number of aryl methyl sites for hydroxylation is 3. The SMILES string of the molecule is O=C(CN1C(=O)COc2ccc([N+](=O)[O-])cc21)NCCCc1nc2c(s1)CCCC2. The van der Waals surface area contributed by atoms with E-state index in [9.17, 15) is 19.7 Å². The molecule has 1 N–H and O–H groups in total. The number of anilines is 1. The highest BCUT2D eigenvalue weighted by Crippen LogP contribution is 2.35. The predicted octanol–water partition coefficient (Wildman–Crippen LogP) is 2.40. The number of non-ortho nitro benzene ring substituents is 1. The summed E-state index contributed by atoms with van der Waals surface area (Å²) >= 11 is 1.77. The smallest absolute Gasteiger partial charge is 0.271 e. The molecule has 1 aliphatic heterocycles. The Hall–Kier alpha value is -3.01. The highest BCUT2D eigenvalue weighted by molar-refractivity contribution is 7.11. The molecule has 2 aliphatic rings. The standard InChI is InChI=1S/C20H22N4O5S/c25-18(21-9-3-6-19-22-14-4-1-2-5-17(14)30-19)11-23-15-10-13(24(27)28)7-8-16(15)29-12-20(23)26/h7-8,10H,1-6,9,11-12H2,(H,21,25). The zero-order chi connectivity index (χ0) is 21.1. The van der Waals surface area contributed by atoms with Crippen LogP contribution >= 0.6 is 11.3 Å². The molecular formula is C20H22N4O5S. The quantitative estimate of drug-likeness (QED) is 0.410. The van der Waals surface area contributed by atoms with Crippen molar-refractivity contribution in [1.29, 1.82) is 0 Å². The third-order valence-corrected chi connectivity index (χ3v) is 6.39. The highest BCUT2D eigenvalue weighted by atomic mass is 32.1. The van der Waals surface area contributed by atoms with Crippen LogP contribution in [0.4, 0.5) is 11.4 Å². The van der Waals surface area contributed by atoms with Crippen molar-refractivity contribution >= 4 is 34.5 Å². The summed E-state index contributed by atoms with van der Waals surface area (Å²) in [5.74, 6) is -0.381. The summed E-state index contributed by atoms with van der Waals surface area (Å²) < 4.78 is 5.31. The predicted molar refractivity (Wildman–Crippen MR) is 111 cm³/mol. The second kappa shape index (κ2) is 8.78. The molecule has 158 valence electrons. The van der Waals surface area contributed by atoms with Crippen molar-refractivity contribution in [3.8, 4) is 5.75 Å². The van der Waals surface area contributed by atoms with E-state index in [1.807, 2.05) is 0 Å². The lowest BCUT2D eigenvalue weighted by molar-refractivity contribution is -0.384. The summed E-state index contributed by atoms with van der Waals surface area (Å²) in [5, 5.41) is 15.0. The number of benzene rings is 1. The van der Waals surface area contributed by atoms with Crippen LogP contribution in [0, 0.1) is 10.1 Å². The largest absolute Gasteiger partial charge is 0.482 e. The number of hydrogen-bond donors (Lipinski definition) is 1. The van der Waals surface area contributed by atoms with Crippen LogP contribution in [0.2, 0.25) is 0 Å². The van der Waals surface area contributed by atoms with Gasteiger partial charge in [0.15, 0.2) is 6.61 Å². The number of carbonyl (C=O) groups excluding carboxylic acids is 2. The van der Waals surface area contributed by atoms with Crippen LogP contribution in [0.5, 0.6) is 5.75 Å². The third kappa shape index (κ3) is 4.43. The van der Waals surface area contributed by atoms with Crippen molar-refractivity contribution in [2.24, 2.45) is 0 Å². The fraction of sp³-hybridized carbons (Fsp3) is 0.450. The van der Waals surface area contributed by atoms with Crippen molar-refractivity contribution in [2.45, 2.75) is 38.5 Å². The Labute approximate surface area is 177 Å². The molecule has 2 aromatic rings. The van der Waals surface area contributed by atoms with Crippen molar-refractivity contribution in [2.75, 3.05) is 24.6 Å². The number of nitro groups is 1. The molecule has 0 saturated heterocycles. The monoisotopic (exact) mass is 430 g/mol.